The van der Waals surface area contributed by atoms with Crippen molar-refractivity contribution in [2.45, 2.75) is 38.8 Å². The van der Waals surface area contributed by atoms with E-state index in [-0.39, 0.29) is 29.6 Å². The maximum atomic E-state index is 12.2. The van der Waals surface area contributed by atoms with E-state index >= 15 is 0 Å². The molecule has 0 aliphatic carbocycles. The van der Waals surface area contributed by atoms with E-state index in [2.05, 4.69) is 10.6 Å². The molecule has 2 atom stereocenters. The van der Waals surface area contributed by atoms with Crippen molar-refractivity contribution in [2.24, 2.45) is 5.92 Å². The van der Waals surface area contributed by atoms with Gasteiger partial charge in [-0.1, -0.05) is 13.8 Å². The lowest BCUT2D eigenvalue weighted by Crippen LogP contribution is -2.50. The predicted molar refractivity (Wildman–Crippen MR) is 76.8 cm³/mol. The highest BCUT2D eigenvalue weighted by Gasteiger charge is 2.26. The molecule has 1 aliphatic heterocycles. The number of hydrogen-bond acceptors (Lipinski definition) is 4. The van der Waals surface area contributed by atoms with E-state index in [0.29, 0.717) is 6.54 Å². The Hall–Kier alpha value is -1.82. The van der Waals surface area contributed by atoms with E-state index in [1.807, 2.05) is 13.8 Å². The van der Waals surface area contributed by atoms with Crippen LogP contribution in [0.3, 0.4) is 0 Å². The van der Waals surface area contributed by atoms with Gasteiger partial charge in [-0.05, 0) is 30.9 Å². The molecule has 2 N–H and O–H groups in total. The predicted octanol–water partition coefficient (Wildman–Crippen LogP) is 1.33. The van der Waals surface area contributed by atoms with Crippen LogP contribution in [0, 0.1) is 5.92 Å². The number of ether oxygens (including phenoxy) is 1. The molecule has 1 aromatic rings. The third-order valence-electron chi connectivity index (χ3n) is 3.51. The van der Waals surface area contributed by atoms with Crippen LogP contribution in [0.2, 0.25) is 0 Å². The van der Waals surface area contributed by atoms with E-state index in [1.165, 1.54) is 6.26 Å². The molecule has 2 heterocycles. The molecule has 0 radical (unpaired) electrons. The molecule has 2 amide bonds. The molecular weight excluding hydrogens is 272 g/mol. The Morgan fingerprint density at radius 1 is 1.43 bits per heavy atom. The van der Waals surface area contributed by atoms with E-state index in [0.717, 1.165) is 19.4 Å². The Balaban J connectivity index is 1.88. The summed E-state index contributed by atoms with van der Waals surface area (Å²) >= 11 is 0. The maximum absolute atomic E-state index is 12.2. The van der Waals surface area contributed by atoms with Crippen LogP contribution >= 0.6 is 0 Å². The van der Waals surface area contributed by atoms with Gasteiger partial charge in [-0.2, -0.15) is 0 Å². The van der Waals surface area contributed by atoms with Crippen molar-refractivity contribution in [3.8, 4) is 0 Å². The Labute approximate surface area is 124 Å². The van der Waals surface area contributed by atoms with Crippen molar-refractivity contribution in [1.29, 1.82) is 0 Å². The molecule has 0 spiro atoms. The molecule has 1 saturated heterocycles. The van der Waals surface area contributed by atoms with Gasteiger partial charge in [-0.15, -0.1) is 0 Å². The lowest BCUT2D eigenvalue weighted by molar-refractivity contribution is -0.124. The fourth-order valence-corrected chi connectivity index (χ4v) is 2.28. The molecule has 6 nitrogen and oxygen atoms in total. The number of nitrogens with one attached hydrogen (secondary N) is 2. The first kappa shape index (κ1) is 15.6. The molecule has 1 aromatic heterocycles. The third-order valence-corrected chi connectivity index (χ3v) is 3.51. The molecule has 0 saturated carbocycles. The highest BCUT2D eigenvalue weighted by molar-refractivity contribution is 5.95. The van der Waals surface area contributed by atoms with Gasteiger partial charge in [0.2, 0.25) is 5.91 Å². The molecule has 0 aromatic carbocycles. The molecule has 2 rings (SSSR count). The summed E-state index contributed by atoms with van der Waals surface area (Å²) in [6.07, 6.45) is 3.51. The standard InChI is InChI=1S/C15H22N2O4/c1-10(2)13(17-14(18)12-6-4-8-21-12)15(19)16-9-11-5-3-7-20-11/h4,6,8,10-11,13H,3,5,7,9H2,1-2H3,(H,16,19)(H,17,18)/t11-,13-/m1/s1. The molecule has 1 fully saturated rings. The van der Waals surface area contributed by atoms with Crippen LogP contribution < -0.4 is 10.6 Å². The van der Waals surface area contributed by atoms with E-state index in [9.17, 15) is 9.59 Å². The van der Waals surface area contributed by atoms with Gasteiger partial charge in [-0.25, -0.2) is 0 Å². The number of carbonyl (C=O) groups excluding carboxylic acids is 2. The highest BCUT2D eigenvalue weighted by atomic mass is 16.5. The first-order valence-corrected chi connectivity index (χ1v) is 7.31. The van der Waals surface area contributed by atoms with Crippen LogP contribution in [0.25, 0.3) is 0 Å². The largest absolute Gasteiger partial charge is 0.459 e. The van der Waals surface area contributed by atoms with Crippen LogP contribution in [0.4, 0.5) is 0 Å². The van der Waals surface area contributed by atoms with Gasteiger partial charge in [-0.3, -0.25) is 9.59 Å². The second kappa shape index (κ2) is 7.26. The van der Waals surface area contributed by atoms with Gasteiger partial charge in [0.1, 0.15) is 6.04 Å². The summed E-state index contributed by atoms with van der Waals surface area (Å²) < 4.78 is 10.5. The van der Waals surface area contributed by atoms with Gasteiger partial charge >= 0.3 is 0 Å². The molecule has 21 heavy (non-hydrogen) atoms. The summed E-state index contributed by atoms with van der Waals surface area (Å²) in [5, 5.41) is 5.56. The lowest BCUT2D eigenvalue weighted by Gasteiger charge is -2.22. The first-order valence-electron chi connectivity index (χ1n) is 7.31. The van der Waals surface area contributed by atoms with E-state index < -0.39 is 6.04 Å². The minimum atomic E-state index is -0.594. The van der Waals surface area contributed by atoms with E-state index in [1.54, 1.807) is 12.1 Å². The lowest BCUT2D eigenvalue weighted by atomic mass is 10.0. The summed E-state index contributed by atoms with van der Waals surface area (Å²) in [4.78, 5) is 24.2. The number of carbonyl (C=O) groups is 2. The highest BCUT2D eigenvalue weighted by Crippen LogP contribution is 2.11. The van der Waals surface area contributed by atoms with Crippen LogP contribution in [0.15, 0.2) is 22.8 Å². The molecule has 0 bridgehead atoms. The molecular formula is C15H22N2O4. The van der Waals surface area contributed by atoms with Crippen molar-refractivity contribution < 1.29 is 18.7 Å². The van der Waals surface area contributed by atoms with Crippen molar-refractivity contribution in [3.05, 3.63) is 24.2 Å². The fourth-order valence-electron chi connectivity index (χ4n) is 2.28. The number of hydrogen-bond donors (Lipinski definition) is 2. The van der Waals surface area contributed by atoms with Crippen molar-refractivity contribution in [2.75, 3.05) is 13.2 Å². The zero-order valence-corrected chi connectivity index (χ0v) is 12.4. The summed E-state index contributed by atoms with van der Waals surface area (Å²) in [5.74, 6) is -0.396. The first-order chi connectivity index (χ1) is 10.1. The SMILES string of the molecule is CC(C)[C@@H](NC(=O)c1ccco1)C(=O)NC[C@H]1CCCO1. The minimum absolute atomic E-state index is 0.0200. The van der Waals surface area contributed by atoms with Crippen LogP contribution in [-0.4, -0.2) is 37.1 Å². The molecule has 0 unspecified atom stereocenters. The molecule has 116 valence electrons. The van der Waals surface area contributed by atoms with Gasteiger partial charge in [0, 0.05) is 13.2 Å². The summed E-state index contributed by atoms with van der Waals surface area (Å²) in [6.45, 7) is 5.01. The number of amides is 2. The number of furan rings is 1. The quantitative estimate of drug-likeness (QED) is 0.829. The normalized spacial score (nSPS) is 19.5. The molecule has 1 aliphatic rings. The van der Waals surface area contributed by atoms with Crippen molar-refractivity contribution >= 4 is 11.8 Å². The Bertz CT molecular complexity index is 464. The van der Waals surface area contributed by atoms with Crippen LogP contribution in [-0.2, 0) is 9.53 Å². The third kappa shape index (κ3) is 4.32. The summed E-state index contributed by atoms with van der Waals surface area (Å²) in [5.41, 5.74) is 0. The second-order valence-corrected chi connectivity index (χ2v) is 5.55. The summed E-state index contributed by atoms with van der Waals surface area (Å²) in [7, 11) is 0. The minimum Gasteiger partial charge on any atom is -0.459 e. The molecule has 6 heteroatoms. The van der Waals surface area contributed by atoms with Crippen LogP contribution in [0.5, 0.6) is 0 Å². The smallest absolute Gasteiger partial charge is 0.287 e. The Kier molecular flexibility index (Phi) is 5.38. The zero-order chi connectivity index (χ0) is 15.2. The average molecular weight is 294 g/mol. The maximum Gasteiger partial charge on any atom is 0.287 e. The zero-order valence-electron chi connectivity index (χ0n) is 12.4. The monoisotopic (exact) mass is 294 g/mol. The van der Waals surface area contributed by atoms with Crippen molar-refractivity contribution in [3.63, 3.8) is 0 Å². The van der Waals surface area contributed by atoms with Crippen molar-refractivity contribution in [1.82, 2.24) is 10.6 Å². The van der Waals surface area contributed by atoms with Crippen LogP contribution in [0.1, 0.15) is 37.2 Å². The van der Waals surface area contributed by atoms with Gasteiger partial charge in [0.05, 0.1) is 12.4 Å². The topological polar surface area (TPSA) is 80.6 Å². The Morgan fingerprint density at radius 2 is 2.24 bits per heavy atom. The average Bonchev–Trinajstić information content (AvgIpc) is 3.13. The number of rotatable bonds is 6. The van der Waals surface area contributed by atoms with Gasteiger partial charge in [0.25, 0.3) is 5.91 Å². The fraction of sp³-hybridized carbons (Fsp3) is 0.600. The Morgan fingerprint density at radius 3 is 2.81 bits per heavy atom. The second-order valence-electron chi connectivity index (χ2n) is 5.55. The van der Waals surface area contributed by atoms with Gasteiger partial charge < -0.3 is 19.8 Å². The summed E-state index contributed by atoms with van der Waals surface area (Å²) in [6, 6.07) is 2.61. The van der Waals surface area contributed by atoms with Gasteiger partial charge in [0.15, 0.2) is 5.76 Å². The van der Waals surface area contributed by atoms with E-state index in [4.69, 9.17) is 9.15 Å².